The van der Waals surface area contributed by atoms with Gasteiger partial charge in [-0.25, -0.2) is 0 Å². The number of piperidine rings is 1. The molecule has 2 heterocycles. The molecule has 1 saturated heterocycles. The van der Waals surface area contributed by atoms with E-state index < -0.39 is 0 Å². The molecule has 3 heteroatoms. The van der Waals surface area contributed by atoms with E-state index >= 15 is 0 Å². The average molecular weight is 258 g/mol. The van der Waals surface area contributed by atoms with Crippen LogP contribution < -0.4 is 5.32 Å². The number of hydrogen-bond donors (Lipinski definition) is 1. The van der Waals surface area contributed by atoms with E-state index in [9.17, 15) is 4.79 Å². The van der Waals surface area contributed by atoms with Gasteiger partial charge in [-0.2, -0.15) is 0 Å². The minimum atomic E-state index is 0.229. The second-order valence-electron chi connectivity index (χ2n) is 5.68. The van der Waals surface area contributed by atoms with Crippen molar-refractivity contribution < 1.29 is 4.79 Å². The third-order valence-corrected chi connectivity index (χ3v) is 4.57. The molecule has 0 aliphatic carbocycles. The van der Waals surface area contributed by atoms with Crippen molar-refractivity contribution >= 4 is 5.91 Å². The van der Waals surface area contributed by atoms with Gasteiger partial charge in [-0.3, -0.25) is 4.79 Å². The fraction of sp³-hybridized carbons (Fsp3) is 0.562. The predicted molar refractivity (Wildman–Crippen MR) is 75.9 cm³/mol. The standard InChI is InChI=1S/C16H22N2O/c1-12-15-5-3-2-4-13(15)8-11-18(12)16(19)14-6-9-17-10-7-14/h2-5,12,14,17H,6-11H2,1H3. The quantitative estimate of drug-likeness (QED) is 0.837. The molecule has 1 aromatic rings. The van der Waals surface area contributed by atoms with Crippen molar-refractivity contribution in [1.82, 2.24) is 10.2 Å². The largest absolute Gasteiger partial charge is 0.335 e. The van der Waals surface area contributed by atoms with Crippen LogP contribution in [0.25, 0.3) is 0 Å². The lowest BCUT2D eigenvalue weighted by atomic mass is 9.90. The lowest BCUT2D eigenvalue weighted by Gasteiger charge is -2.38. The van der Waals surface area contributed by atoms with Gasteiger partial charge in [0.2, 0.25) is 5.91 Å². The number of hydrogen-bond acceptors (Lipinski definition) is 2. The molecule has 1 atom stereocenters. The summed E-state index contributed by atoms with van der Waals surface area (Å²) in [5, 5.41) is 3.33. The van der Waals surface area contributed by atoms with Crippen molar-refractivity contribution in [1.29, 1.82) is 0 Å². The second kappa shape index (κ2) is 5.33. The van der Waals surface area contributed by atoms with E-state index in [1.54, 1.807) is 0 Å². The number of amides is 1. The van der Waals surface area contributed by atoms with Crippen molar-refractivity contribution in [2.24, 2.45) is 5.92 Å². The summed E-state index contributed by atoms with van der Waals surface area (Å²) in [7, 11) is 0. The molecular formula is C16H22N2O. The summed E-state index contributed by atoms with van der Waals surface area (Å²) in [5.41, 5.74) is 2.74. The highest BCUT2D eigenvalue weighted by Crippen LogP contribution is 2.31. The summed E-state index contributed by atoms with van der Waals surface area (Å²) < 4.78 is 0. The van der Waals surface area contributed by atoms with Crippen molar-refractivity contribution in [2.75, 3.05) is 19.6 Å². The maximum Gasteiger partial charge on any atom is 0.226 e. The van der Waals surface area contributed by atoms with Crippen molar-refractivity contribution in [3.8, 4) is 0 Å². The summed E-state index contributed by atoms with van der Waals surface area (Å²) in [4.78, 5) is 14.8. The number of carbonyl (C=O) groups excluding carboxylic acids is 1. The highest BCUT2D eigenvalue weighted by molar-refractivity contribution is 5.79. The first kappa shape index (κ1) is 12.7. The lowest BCUT2D eigenvalue weighted by Crippen LogP contribution is -2.44. The average Bonchev–Trinajstić information content (AvgIpc) is 2.48. The Kier molecular flexibility index (Phi) is 3.56. The third kappa shape index (κ3) is 2.39. The fourth-order valence-corrected chi connectivity index (χ4v) is 3.38. The zero-order chi connectivity index (χ0) is 13.2. The van der Waals surface area contributed by atoms with Crippen LogP contribution >= 0.6 is 0 Å². The molecule has 1 amide bonds. The molecule has 2 aliphatic rings. The van der Waals surface area contributed by atoms with Gasteiger partial charge >= 0.3 is 0 Å². The molecule has 2 aliphatic heterocycles. The van der Waals surface area contributed by atoms with Gasteiger partial charge in [0.05, 0.1) is 6.04 Å². The van der Waals surface area contributed by atoms with Crippen molar-refractivity contribution in [3.05, 3.63) is 35.4 Å². The molecule has 0 radical (unpaired) electrons. The Morgan fingerprint density at radius 3 is 2.79 bits per heavy atom. The molecule has 0 aromatic heterocycles. The molecule has 0 spiro atoms. The van der Waals surface area contributed by atoms with Gasteiger partial charge in [0.1, 0.15) is 0 Å². The summed E-state index contributed by atoms with van der Waals surface area (Å²) in [6.07, 6.45) is 2.98. The molecule has 3 nitrogen and oxygen atoms in total. The highest BCUT2D eigenvalue weighted by Gasteiger charge is 2.32. The molecule has 1 aromatic carbocycles. The van der Waals surface area contributed by atoms with Gasteiger partial charge < -0.3 is 10.2 Å². The van der Waals surface area contributed by atoms with Crippen LogP contribution in [0.2, 0.25) is 0 Å². The van der Waals surface area contributed by atoms with E-state index in [4.69, 9.17) is 0 Å². The fourth-order valence-electron chi connectivity index (χ4n) is 3.38. The van der Waals surface area contributed by atoms with E-state index in [0.29, 0.717) is 5.91 Å². The van der Waals surface area contributed by atoms with Crippen LogP contribution in [0.3, 0.4) is 0 Å². The first-order chi connectivity index (χ1) is 9.27. The monoisotopic (exact) mass is 258 g/mol. The Morgan fingerprint density at radius 1 is 1.26 bits per heavy atom. The summed E-state index contributed by atoms with van der Waals surface area (Å²) in [6, 6.07) is 8.76. The number of nitrogens with one attached hydrogen (secondary N) is 1. The molecule has 19 heavy (non-hydrogen) atoms. The zero-order valence-electron chi connectivity index (χ0n) is 11.6. The van der Waals surface area contributed by atoms with Crippen LogP contribution in [0.4, 0.5) is 0 Å². The summed E-state index contributed by atoms with van der Waals surface area (Å²) in [6.45, 7) is 5.00. The van der Waals surface area contributed by atoms with Crippen LogP contribution in [0.15, 0.2) is 24.3 Å². The topological polar surface area (TPSA) is 32.3 Å². The maximum atomic E-state index is 12.7. The Balaban J connectivity index is 1.77. The van der Waals surface area contributed by atoms with E-state index in [-0.39, 0.29) is 12.0 Å². The number of benzene rings is 1. The SMILES string of the molecule is CC1c2ccccc2CCN1C(=O)C1CCNCC1. The molecule has 102 valence electrons. The first-order valence-corrected chi connectivity index (χ1v) is 7.36. The number of fused-ring (bicyclic) bond motifs is 1. The Bertz CT molecular complexity index is 466. The molecular weight excluding hydrogens is 236 g/mol. The van der Waals surface area contributed by atoms with Gasteiger partial charge in [0.25, 0.3) is 0 Å². The van der Waals surface area contributed by atoms with Gasteiger partial charge in [-0.15, -0.1) is 0 Å². The predicted octanol–water partition coefficient (Wildman–Crippen LogP) is 2.13. The minimum Gasteiger partial charge on any atom is -0.335 e. The lowest BCUT2D eigenvalue weighted by molar-refractivity contribution is -0.139. The number of nitrogens with zero attached hydrogens (tertiary/aromatic N) is 1. The molecule has 1 unspecified atom stereocenters. The van der Waals surface area contributed by atoms with Crippen LogP contribution in [0, 0.1) is 5.92 Å². The van der Waals surface area contributed by atoms with E-state index in [0.717, 1.165) is 38.9 Å². The first-order valence-electron chi connectivity index (χ1n) is 7.36. The van der Waals surface area contributed by atoms with Gasteiger partial charge in [0.15, 0.2) is 0 Å². The van der Waals surface area contributed by atoms with Crippen LogP contribution in [0.1, 0.15) is 36.9 Å². The number of rotatable bonds is 1. The normalized spacial score (nSPS) is 24.1. The van der Waals surface area contributed by atoms with E-state index in [1.807, 2.05) is 0 Å². The van der Waals surface area contributed by atoms with Crippen LogP contribution in [-0.4, -0.2) is 30.4 Å². The van der Waals surface area contributed by atoms with Crippen molar-refractivity contribution in [2.45, 2.75) is 32.2 Å². The van der Waals surface area contributed by atoms with E-state index in [2.05, 4.69) is 41.4 Å². The third-order valence-electron chi connectivity index (χ3n) is 4.57. The molecule has 0 saturated carbocycles. The molecule has 1 N–H and O–H groups in total. The highest BCUT2D eigenvalue weighted by atomic mass is 16.2. The second-order valence-corrected chi connectivity index (χ2v) is 5.68. The Labute approximate surface area is 115 Å². The van der Waals surface area contributed by atoms with Crippen molar-refractivity contribution in [3.63, 3.8) is 0 Å². The summed E-state index contributed by atoms with van der Waals surface area (Å²) >= 11 is 0. The summed E-state index contributed by atoms with van der Waals surface area (Å²) in [5.74, 6) is 0.595. The molecule has 0 bridgehead atoms. The minimum absolute atomic E-state index is 0.229. The maximum absolute atomic E-state index is 12.7. The Morgan fingerprint density at radius 2 is 2.00 bits per heavy atom. The van der Waals surface area contributed by atoms with Gasteiger partial charge in [0, 0.05) is 12.5 Å². The van der Waals surface area contributed by atoms with Gasteiger partial charge in [-0.1, -0.05) is 24.3 Å². The van der Waals surface area contributed by atoms with Crippen LogP contribution in [-0.2, 0) is 11.2 Å². The Hall–Kier alpha value is -1.35. The van der Waals surface area contributed by atoms with Crippen LogP contribution in [0.5, 0.6) is 0 Å². The van der Waals surface area contributed by atoms with E-state index in [1.165, 1.54) is 11.1 Å². The molecule has 1 fully saturated rings. The smallest absolute Gasteiger partial charge is 0.226 e. The van der Waals surface area contributed by atoms with Gasteiger partial charge in [-0.05, 0) is 50.4 Å². The number of carbonyl (C=O) groups is 1. The molecule has 3 rings (SSSR count). The zero-order valence-corrected chi connectivity index (χ0v) is 11.6.